The summed E-state index contributed by atoms with van der Waals surface area (Å²) in [7, 11) is 0. The number of piperidine rings is 1. The summed E-state index contributed by atoms with van der Waals surface area (Å²) in [4.78, 5) is 30.1. The Balaban J connectivity index is 1.26. The first-order valence-electron chi connectivity index (χ1n) is 13.8. The van der Waals surface area contributed by atoms with Crippen LogP contribution in [0.4, 0.5) is 22.0 Å². The Kier molecular flexibility index (Phi) is 6.97. The van der Waals surface area contributed by atoms with Gasteiger partial charge in [0.2, 0.25) is 11.8 Å². The zero-order valence-electron chi connectivity index (χ0n) is 22.0. The second-order valence-electron chi connectivity index (χ2n) is 11.5. The highest BCUT2D eigenvalue weighted by atomic mass is 19.4. The van der Waals surface area contributed by atoms with E-state index in [2.05, 4.69) is 25.9 Å². The van der Waals surface area contributed by atoms with Gasteiger partial charge in [-0.3, -0.25) is 9.59 Å². The van der Waals surface area contributed by atoms with Gasteiger partial charge < -0.3 is 15.2 Å². The van der Waals surface area contributed by atoms with Crippen molar-refractivity contribution in [2.24, 2.45) is 17.8 Å². The van der Waals surface area contributed by atoms with E-state index in [0.29, 0.717) is 35.6 Å². The smallest absolute Gasteiger partial charge is 0.364 e. The fraction of sp³-hybridized carbons (Fsp3) is 0.593. The predicted molar refractivity (Wildman–Crippen MR) is 133 cm³/mol. The number of hydrogen-bond donors (Lipinski definition) is 2. The van der Waals surface area contributed by atoms with Crippen LogP contribution in [-0.4, -0.2) is 50.2 Å². The lowest BCUT2D eigenvalue weighted by Gasteiger charge is -2.34. The van der Waals surface area contributed by atoms with Gasteiger partial charge in [0.05, 0.1) is 35.2 Å². The fourth-order valence-electron chi connectivity index (χ4n) is 5.99. The Bertz CT molecular complexity index is 1450. The van der Waals surface area contributed by atoms with Crippen molar-refractivity contribution in [1.29, 1.82) is 0 Å². The molecule has 3 aromatic heterocycles. The van der Waals surface area contributed by atoms with Crippen molar-refractivity contribution in [2.75, 3.05) is 6.54 Å². The van der Waals surface area contributed by atoms with Crippen molar-refractivity contribution in [1.82, 2.24) is 30.4 Å². The van der Waals surface area contributed by atoms with Gasteiger partial charge in [0.1, 0.15) is 11.8 Å². The summed E-state index contributed by atoms with van der Waals surface area (Å²) in [6.07, 6.45) is -0.0499. The number of nitrogens with zero attached hydrogens (tertiary/aromatic N) is 4. The zero-order valence-corrected chi connectivity index (χ0v) is 22.0. The van der Waals surface area contributed by atoms with Crippen molar-refractivity contribution in [3.05, 3.63) is 47.2 Å². The third-order valence-electron chi connectivity index (χ3n) is 8.34. The molecule has 4 heterocycles. The minimum absolute atomic E-state index is 0.00564. The second kappa shape index (κ2) is 10.4. The number of carbonyl (C=O) groups excluding carboxylic acids is 2. The molecule has 0 aromatic carbocycles. The van der Waals surface area contributed by atoms with Gasteiger partial charge >= 0.3 is 6.18 Å². The van der Waals surface area contributed by atoms with Gasteiger partial charge in [0.15, 0.2) is 5.65 Å². The molecule has 3 aliphatic rings. The van der Waals surface area contributed by atoms with E-state index >= 15 is 0 Å². The fourth-order valence-corrected chi connectivity index (χ4v) is 5.99. The SMILES string of the molecule is O=C(N[C@H](c1cn2nc(CC3C[C@@H](C(F)(F)F)CNC3=O)ccc2n1)[C@@H]1CCCC(F)(F)C1)c1conc1C1CC1. The maximum Gasteiger partial charge on any atom is 0.393 e. The normalized spacial score (nSPS) is 25.6. The van der Waals surface area contributed by atoms with Gasteiger partial charge in [-0.15, -0.1) is 0 Å². The molecular formula is C27H29F5N6O3. The number of carbonyl (C=O) groups is 2. The van der Waals surface area contributed by atoms with Gasteiger partial charge in [-0.25, -0.2) is 18.3 Å². The van der Waals surface area contributed by atoms with Crippen molar-refractivity contribution < 1.29 is 36.1 Å². The maximum atomic E-state index is 14.5. The van der Waals surface area contributed by atoms with E-state index in [0.717, 1.165) is 12.8 Å². The lowest BCUT2D eigenvalue weighted by Crippen LogP contribution is -2.47. The molecule has 1 saturated heterocycles. The number of hydrogen-bond acceptors (Lipinski definition) is 6. The molecule has 2 N–H and O–H groups in total. The lowest BCUT2D eigenvalue weighted by atomic mass is 9.80. The van der Waals surface area contributed by atoms with Crippen LogP contribution in [0.5, 0.6) is 0 Å². The molecule has 220 valence electrons. The van der Waals surface area contributed by atoms with Crippen LogP contribution >= 0.6 is 0 Å². The number of nitrogens with one attached hydrogen (secondary N) is 2. The summed E-state index contributed by atoms with van der Waals surface area (Å²) in [5, 5.41) is 13.6. The highest BCUT2D eigenvalue weighted by Gasteiger charge is 2.45. The largest absolute Gasteiger partial charge is 0.393 e. The Hall–Kier alpha value is -3.58. The van der Waals surface area contributed by atoms with Crippen LogP contribution in [-0.2, 0) is 11.2 Å². The Morgan fingerprint density at radius 1 is 1.24 bits per heavy atom. The number of fused-ring (bicyclic) bond motifs is 1. The second-order valence-corrected chi connectivity index (χ2v) is 11.5. The van der Waals surface area contributed by atoms with Crippen LogP contribution in [0.25, 0.3) is 5.65 Å². The average Bonchev–Trinajstić information content (AvgIpc) is 3.47. The minimum atomic E-state index is -4.41. The van der Waals surface area contributed by atoms with E-state index < -0.39 is 60.7 Å². The Morgan fingerprint density at radius 3 is 2.78 bits per heavy atom. The molecule has 3 fully saturated rings. The molecule has 0 bridgehead atoms. The van der Waals surface area contributed by atoms with E-state index in [-0.39, 0.29) is 30.7 Å². The quantitative estimate of drug-likeness (QED) is 0.390. The van der Waals surface area contributed by atoms with E-state index in [4.69, 9.17) is 4.52 Å². The van der Waals surface area contributed by atoms with E-state index in [1.54, 1.807) is 12.1 Å². The summed E-state index contributed by atoms with van der Waals surface area (Å²) >= 11 is 0. The van der Waals surface area contributed by atoms with Gasteiger partial charge in [-0.2, -0.15) is 18.3 Å². The van der Waals surface area contributed by atoms with Crippen molar-refractivity contribution in [3.8, 4) is 0 Å². The molecule has 6 rings (SSSR count). The highest BCUT2D eigenvalue weighted by molar-refractivity contribution is 5.95. The Morgan fingerprint density at radius 2 is 2.05 bits per heavy atom. The van der Waals surface area contributed by atoms with Gasteiger partial charge in [0, 0.05) is 37.6 Å². The molecule has 2 amide bonds. The van der Waals surface area contributed by atoms with Crippen molar-refractivity contribution >= 4 is 17.5 Å². The van der Waals surface area contributed by atoms with E-state index in [1.165, 1.54) is 17.0 Å². The number of halogens is 5. The molecule has 2 aliphatic carbocycles. The number of rotatable bonds is 7. The van der Waals surface area contributed by atoms with Crippen LogP contribution in [0.1, 0.15) is 84.3 Å². The first-order chi connectivity index (χ1) is 19.5. The molecule has 41 heavy (non-hydrogen) atoms. The third-order valence-corrected chi connectivity index (χ3v) is 8.34. The van der Waals surface area contributed by atoms with Crippen LogP contribution in [0, 0.1) is 17.8 Å². The summed E-state index contributed by atoms with van der Waals surface area (Å²) in [5.74, 6) is -6.80. The monoisotopic (exact) mass is 580 g/mol. The molecule has 1 aliphatic heterocycles. The first kappa shape index (κ1) is 27.6. The molecule has 0 spiro atoms. The summed E-state index contributed by atoms with van der Waals surface area (Å²) in [6.45, 7) is -0.444. The van der Waals surface area contributed by atoms with Crippen molar-refractivity contribution in [3.63, 3.8) is 0 Å². The van der Waals surface area contributed by atoms with Gasteiger partial charge in [0.25, 0.3) is 5.91 Å². The lowest BCUT2D eigenvalue weighted by molar-refractivity contribution is -0.183. The van der Waals surface area contributed by atoms with Crippen LogP contribution < -0.4 is 10.6 Å². The Labute approximate surface area is 231 Å². The number of aromatic nitrogens is 4. The topological polar surface area (TPSA) is 114 Å². The molecule has 2 saturated carbocycles. The minimum Gasteiger partial charge on any atom is -0.364 e. The third kappa shape index (κ3) is 5.91. The summed E-state index contributed by atoms with van der Waals surface area (Å²) in [5.41, 5.74) is 1.91. The highest BCUT2D eigenvalue weighted by Crippen LogP contribution is 2.43. The standard InChI is InChI=1S/C27H29F5N6O3/c28-26(29)7-1-2-15(10-26)23(35-25(40)19-13-41-37-22(19)14-3-4-14)20-12-38-21(34-20)6-5-18(36-38)9-16-8-17(27(30,31)32)11-33-24(16)39/h5-6,12-17,23H,1-4,7-11H2,(H,33,39)(H,35,40)/t15-,16?,17-,23+/m1/s1. The average molecular weight is 581 g/mol. The number of amides is 2. The van der Waals surface area contributed by atoms with Crippen LogP contribution in [0.2, 0.25) is 0 Å². The van der Waals surface area contributed by atoms with E-state index in [9.17, 15) is 31.5 Å². The molecule has 3 aromatic rings. The molecule has 14 heteroatoms. The molecule has 9 nitrogen and oxygen atoms in total. The zero-order chi connectivity index (χ0) is 28.9. The van der Waals surface area contributed by atoms with Gasteiger partial charge in [-0.05, 0) is 50.2 Å². The van der Waals surface area contributed by atoms with Crippen molar-refractivity contribution in [2.45, 2.75) is 75.4 Å². The van der Waals surface area contributed by atoms with Gasteiger partial charge in [-0.1, -0.05) is 5.16 Å². The summed E-state index contributed by atoms with van der Waals surface area (Å²) < 4.78 is 75.1. The first-order valence-corrected chi connectivity index (χ1v) is 13.8. The van der Waals surface area contributed by atoms with Crippen LogP contribution in [0.3, 0.4) is 0 Å². The molecule has 4 atom stereocenters. The van der Waals surface area contributed by atoms with Crippen LogP contribution in [0.15, 0.2) is 29.1 Å². The predicted octanol–water partition coefficient (Wildman–Crippen LogP) is 4.75. The number of alkyl halides is 5. The maximum absolute atomic E-state index is 14.5. The molecule has 0 radical (unpaired) electrons. The summed E-state index contributed by atoms with van der Waals surface area (Å²) in [6, 6.07) is 2.34. The van der Waals surface area contributed by atoms with E-state index in [1.807, 2.05) is 0 Å². The number of imidazole rings is 1. The molecule has 1 unspecified atom stereocenters. The molecular weight excluding hydrogens is 551 g/mol.